The number of allylic oxidation sites excluding steroid dienone is 2. The van der Waals surface area contributed by atoms with E-state index in [0.717, 1.165) is 0 Å². The zero-order valence-corrected chi connectivity index (χ0v) is 14.5. The van der Waals surface area contributed by atoms with Crippen molar-refractivity contribution in [1.82, 2.24) is 0 Å². The van der Waals surface area contributed by atoms with Gasteiger partial charge in [-0.2, -0.15) is 0 Å². The van der Waals surface area contributed by atoms with Gasteiger partial charge >= 0.3 is 0 Å². The Labute approximate surface area is 124 Å². The van der Waals surface area contributed by atoms with Crippen LogP contribution in [0, 0.1) is 19.9 Å². The summed E-state index contributed by atoms with van der Waals surface area (Å²) in [7, 11) is -1.32. The van der Waals surface area contributed by atoms with Gasteiger partial charge in [0.1, 0.15) is 12.2 Å². The van der Waals surface area contributed by atoms with Crippen LogP contribution in [0.1, 0.15) is 23.6 Å². The summed E-state index contributed by atoms with van der Waals surface area (Å²) in [6.45, 7) is 17.9. The molecule has 1 aliphatic heterocycles. The second-order valence-corrected chi connectivity index (χ2v) is 11.8. The minimum absolute atomic E-state index is 1.20. The minimum Gasteiger partial charge on any atom is -0.255 e. The maximum Gasteiger partial charge on any atom is 0.147 e. The third-order valence-electron chi connectivity index (χ3n) is 3.85. The smallest absolute Gasteiger partial charge is 0.147 e. The predicted octanol–water partition coefficient (Wildman–Crippen LogP) is 4.62. The molecular weight excluding hydrogens is 258 g/mol. The minimum atomic E-state index is -1.32. The van der Waals surface area contributed by atoms with E-state index in [1.165, 1.54) is 33.5 Å². The van der Waals surface area contributed by atoms with Crippen molar-refractivity contribution in [3.63, 3.8) is 0 Å². The van der Waals surface area contributed by atoms with Crippen LogP contribution in [0.4, 0.5) is 0 Å². The molecule has 0 saturated carbocycles. The molecule has 0 spiro atoms. The largest absolute Gasteiger partial charge is 0.255 e. The van der Waals surface area contributed by atoms with E-state index in [9.17, 15) is 0 Å². The molecule has 106 valence electrons. The maximum absolute atomic E-state index is 4.22. The average Bonchev–Trinajstić information content (AvgIpc) is 2.33. The lowest BCUT2D eigenvalue weighted by atomic mass is 9.95. The molecule has 2 rings (SSSR count). The number of rotatable bonds is 2. The first-order valence-electron chi connectivity index (χ1n) is 7.15. The molecule has 0 saturated heterocycles. The average molecular weight is 283 g/mol. The first-order valence-corrected chi connectivity index (χ1v) is 10.7. The molecule has 0 amide bonds. The van der Waals surface area contributed by atoms with Crippen molar-refractivity contribution >= 4 is 14.8 Å². The topological polar surface area (TPSA) is 3.01 Å². The second-order valence-electron chi connectivity index (χ2n) is 6.79. The van der Waals surface area contributed by atoms with Crippen LogP contribution in [-0.4, -0.2) is 19.4 Å². The summed E-state index contributed by atoms with van der Waals surface area (Å²) < 4.78 is 2.04. The van der Waals surface area contributed by atoms with Crippen LogP contribution in [0.2, 0.25) is 19.6 Å². The lowest BCUT2D eigenvalue weighted by molar-refractivity contribution is -0.418. The molecule has 0 aromatic heterocycles. The van der Waals surface area contributed by atoms with Crippen LogP contribution in [-0.2, 0) is 0 Å². The highest BCUT2D eigenvalue weighted by molar-refractivity contribution is 6.84. The SMILES string of the molecule is C=[N+]1C=C([Si](C)(C)C)C(C)=C[C-]1c1cc(C)ccc1C. The monoisotopic (exact) mass is 283 g/mol. The molecule has 0 bridgehead atoms. The normalized spacial score (nSPS) is 16.1. The summed E-state index contributed by atoms with van der Waals surface area (Å²) in [6.07, 6.45) is 4.53. The standard InChI is InChI=1S/C18H25NSi/c1-13-8-9-14(2)16(10-13)17-11-15(3)18(12-19(17)4)20(5,6)7/h8-12H,4H2,1-3,5-7H3. The summed E-state index contributed by atoms with van der Waals surface area (Å²) >= 11 is 0. The Morgan fingerprint density at radius 2 is 1.75 bits per heavy atom. The van der Waals surface area contributed by atoms with Gasteiger partial charge in [0, 0.05) is 0 Å². The highest BCUT2D eigenvalue weighted by Gasteiger charge is 2.27. The second kappa shape index (κ2) is 5.10. The van der Waals surface area contributed by atoms with Crippen molar-refractivity contribution in [1.29, 1.82) is 0 Å². The van der Waals surface area contributed by atoms with Crippen LogP contribution in [0.3, 0.4) is 0 Å². The van der Waals surface area contributed by atoms with Gasteiger partial charge < -0.3 is 0 Å². The number of benzene rings is 1. The highest BCUT2D eigenvalue weighted by Crippen LogP contribution is 2.32. The first kappa shape index (κ1) is 14.9. The van der Waals surface area contributed by atoms with Crippen LogP contribution < -0.4 is 0 Å². The van der Waals surface area contributed by atoms with Crippen molar-refractivity contribution in [3.8, 4) is 0 Å². The fourth-order valence-corrected chi connectivity index (χ4v) is 4.52. The highest BCUT2D eigenvalue weighted by atomic mass is 28.3. The molecular formula is C18H25NSi. The van der Waals surface area contributed by atoms with Crippen molar-refractivity contribution in [2.45, 2.75) is 40.4 Å². The van der Waals surface area contributed by atoms with Crippen molar-refractivity contribution in [2.24, 2.45) is 0 Å². The molecule has 1 aromatic rings. The Morgan fingerprint density at radius 1 is 1.10 bits per heavy atom. The lowest BCUT2D eigenvalue weighted by Gasteiger charge is -2.29. The third-order valence-corrected chi connectivity index (χ3v) is 5.99. The third kappa shape index (κ3) is 2.80. The predicted molar refractivity (Wildman–Crippen MR) is 90.8 cm³/mol. The molecule has 20 heavy (non-hydrogen) atoms. The summed E-state index contributed by atoms with van der Waals surface area (Å²) in [5, 5.41) is 1.49. The van der Waals surface area contributed by atoms with Gasteiger partial charge in [-0.1, -0.05) is 68.4 Å². The van der Waals surface area contributed by atoms with Crippen molar-refractivity contribution in [2.75, 3.05) is 0 Å². The number of hydrogen-bond acceptors (Lipinski definition) is 0. The Kier molecular flexibility index (Phi) is 3.79. The maximum atomic E-state index is 4.22. The Hall–Kier alpha value is -1.54. The molecule has 0 fully saturated rings. The molecule has 0 aliphatic carbocycles. The summed E-state index contributed by atoms with van der Waals surface area (Å²) in [4.78, 5) is 0. The zero-order valence-electron chi connectivity index (χ0n) is 13.5. The molecule has 1 aliphatic rings. The summed E-state index contributed by atoms with van der Waals surface area (Å²) in [5.41, 5.74) is 5.26. The van der Waals surface area contributed by atoms with Crippen molar-refractivity contribution < 1.29 is 4.58 Å². The van der Waals surface area contributed by atoms with E-state index in [2.05, 4.69) is 77.6 Å². The number of aryl methyl sites for hydroxylation is 2. The van der Waals surface area contributed by atoms with E-state index in [1.807, 2.05) is 4.58 Å². The molecule has 0 radical (unpaired) electrons. The Bertz CT molecular complexity index is 615. The van der Waals surface area contributed by atoms with E-state index in [0.29, 0.717) is 0 Å². The molecule has 2 heteroatoms. The van der Waals surface area contributed by atoms with Gasteiger partial charge in [-0.05, 0) is 23.8 Å². The molecule has 0 unspecified atom stereocenters. The van der Waals surface area contributed by atoms with Gasteiger partial charge in [-0.3, -0.25) is 4.58 Å². The van der Waals surface area contributed by atoms with E-state index < -0.39 is 8.07 Å². The Balaban J connectivity index is 2.46. The Morgan fingerprint density at radius 3 is 2.35 bits per heavy atom. The van der Waals surface area contributed by atoms with E-state index in [1.54, 1.807) is 0 Å². The molecule has 1 aromatic carbocycles. The summed E-state index contributed by atoms with van der Waals surface area (Å²) in [5.74, 6) is 0. The molecule has 1 heterocycles. The van der Waals surface area contributed by atoms with Gasteiger partial charge in [0.15, 0.2) is 0 Å². The molecule has 0 N–H and O–H groups in total. The van der Waals surface area contributed by atoms with Crippen LogP contribution in [0.25, 0.3) is 0 Å². The van der Waals surface area contributed by atoms with E-state index in [-0.39, 0.29) is 0 Å². The van der Waals surface area contributed by atoms with Gasteiger partial charge in [-0.25, -0.2) is 0 Å². The van der Waals surface area contributed by atoms with Crippen molar-refractivity contribution in [3.05, 3.63) is 64.0 Å². The van der Waals surface area contributed by atoms with Crippen LogP contribution in [0.5, 0.6) is 0 Å². The zero-order chi connectivity index (χ0) is 15.1. The summed E-state index contributed by atoms with van der Waals surface area (Å²) in [6, 6.07) is 7.80. The van der Waals surface area contributed by atoms with E-state index >= 15 is 0 Å². The molecule has 0 atom stereocenters. The fourth-order valence-electron chi connectivity index (χ4n) is 2.72. The lowest BCUT2D eigenvalue weighted by Crippen LogP contribution is -2.30. The quantitative estimate of drug-likeness (QED) is 0.423. The fraction of sp³-hybridized carbons (Fsp3) is 0.333. The van der Waals surface area contributed by atoms with Gasteiger partial charge in [0.05, 0.1) is 14.8 Å². The van der Waals surface area contributed by atoms with E-state index in [4.69, 9.17) is 0 Å². The number of hydrogen-bond donors (Lipinski definition) is 0. The molecule has 1 nitrogen and oxygen atoms in total. The first-order chi connectivity index (χ1) is 9.20. The number of nitrogens with zero attached hydrogens (tertiary/aromatic N) is 1. The van der Waals surface area contributed by atoms with Gasteiger partial charge in [0.2, 0.25) is 0 Å². The van der Waals surface area contributed by atoms with Crippen LogP contribution in [0.15, 0.2) is 41.2 Å². The van der Waals surface area contributed by atoms with Gasteiger partial charge in [0.25, 0.3) is 0 Å². The van der Waals surface area contributed by atoms with Crippen LogP contribution >= 0.6 is 0 Å². The van der Waals surface area contributed by atoms with Gasteiger partial charge in [-0.15, -0.1) is 0 Å².